The van der Waals surface area contributed by atoms with E-state index in [0.717, 1.165) is 35.2 Å². The lowest BCUT2D eigenvalue weighted by atomic mass is 9.93. The number of rotatable bonds is 2. The molecule has 1 saturated carbocycles. The zero-order chi connectivity index (χ0) is 16.7. The molecule has 0 unspecified atom stereocenters. The Morgan fingerprint density at radius 2 is 1.83 bits per heavy atom. The van der Waals surface area contributed by atoms with Gasteiger partial charge in [0.25, 0.3) is 0 Å². The van der Waals surface area contributed by atoms with Crippen LogP contribution in [0.5, 0.6) is 0 Å². The summed E-state index contributed by atoms with van der Waals surface area (Å²) in [4.78, 5) is 7.60. The zero-order valence-corrected chi connectivity index (χ0v) is 13.0. The maximum Gasteiger partial charge on any atom is 0.416 e. The highest BCUT2D eigenvalue weighted by Crippen LogP contribution is 2.43. The molecule has 0 amide bonds. The first-order valence-electron chi connectivity index (χ1n) is 8.18. The minimum atomic E-state index is -4.34. The summed E-state index contributed by atoms with van der Waals surface area (Å²) in [5.41, 5.74) is 2.67. The number of pyridine rings is 1. The van der Waals surface area contributed by atoms with Gasteiger partial charge in [0.2, 0.25) is 0 Å². The number of hydrogen-bond acceptors (Lipinski definition) is 1. The number of H-pyrrole nitrogens is 1. The van der Waals surface area contributed by atoms with E-state index in [-0.39, 0.29) is 0 Å². The largest absolute Gasteiger partial charge is 0.416 e. The second-order valence-corrected chi connectivity index (χ2v) is 6.37. The summed E-state index contributed by atoms with van der Waals surface area (Å²) >= 11 is 0. The van der Waals surface area contributed by atoms with Gasteiger partial charge in [0.1, 0.15) is 0 Å². The summed E-state index contributed by atoms with van der Waals surface area (Å²) < 4.78 is 39.1. The van der Waals surface area contributed by atoms with Crippen molar-refractivity contribution in [3.8, 4) is 11.4 Å². The fraction of sp³-hybridized carbons (Fsp3) is 0.316. The predicted octanol–water partition coefficient (Wildman–Crippen LogP) is 5.91. The first kappa shape index (κ1) is 15.2. The van der Waals surface area contributed by atoms with E-state index in [1.807, 2.05) is 18.2 Å². The fourth-order valence-electron chi connectivity index (χ4n) is 3.75. The Kier molecular flexibility index (Phi) is 3.59. The smallest absolute Gasteiger partial charge is 0.353 e. The molecule has 1 N–H and O–H groups in total. The summed E-state index contributed by atoms with van der Waals surface area (Å²) in [6.07, 6.45) is 1.86. The molecule has 5 heteroatoms. The lowest BCUT2D eigenvalue weighted by Crippen LogP contribution is -2.04. The Bertz CT molecular complexity index is 859. The van der Waals surface area contributed by atoms with Gasteiger partial charge >= 0.3 is 6.18 Å². The monoisotopic (exact) mass is 330 g/mol. The fourth-order valence-corrected chi connectivity index (χ4v) is 3.75. The van der Waals surface area contributed by atoms with Crippen LogP contribution in [0.4, 0.5) is 13.2 Å². The van der Waals surface area contributed by atoms with Crippen LogP contribution < -0.4 is 0 Å². The molecule has 2 aromatic heterocycles. The van der Waals surface area contributed by atoms with Gasteiger partial charge in [-0.25, -0.2) is 0 Å². The third-order valence-electron chi connectivity index (χ3n) is 4.85. The van der Waals surface area contributed by atoms with Crippen LogP contribution in [0.25, 0.3) is 22.3 Å². The van der Waals surface area contributed by atoms with Crippen molar-refractivity contribution < 1.29 is 13.2 Å². The molecule has 0 saturated heterocycles. The van der Waals surface area contributed by atoms with Crippen LogP contribution in [-0.2, 0) is 6.18 Å². The molecule has 3 aromatic rings. The maximum atomic E-state index is 13.0. The predicted molar refractivity (Wildman–Crippen MR) is 87.7 cm³/mol. The highest BCUT2D eigenvalue weighted by molar-refractivity contribution is 5.91. The molecule has 124 valence electrons. The van der Waals surface area contributed by atoms with Crippen molar-refractivity contribution in [2.24, 2.45) is 0 Å². The maximum absolute atomic E-state index is 13.0. The van der Waals surface area contributed by atoms with Crippen molar-refractivity contribution >= 4 is 10.9 Å². The summed E-state index contributed by atoms with van der Waals surface area (Å²) in [6.45, 7) is 0. The Labute approximate surface area is 137 Å². The Hall–Kier alpha value is -2.30. The molecule has 2 nitrogen and oxygen atoms in total. The van der Waals surface area contributed by atoms with E-state index in [1.165, 1.54) is 25.0 Å². The number of aromatic amines is 1. The molecule has 0 aliphatic heterocycles. The Balaban J connectivity index is 1.94. The lowest BCUT2D eigenvalue weighted by molar-refractivity contribution is -0.137. The molecule has 1 fully saturated rings. The highest BCUT2D eigenvalue weighted by atomic mass is 19.4. The second-order valence-electron chi connectivity index (χ2n) is 6.37. The van der Waals surface area contributed by atoms with Gasteiger partial charge in [0.05, 0.1) is 17.0 Å². The normalized spacial score (nSPS) is 16.1. The minimum Gasteiger partial charge on any atom is -0.353 e. The van der Waals surface area contributed by atoms with E-state index < -0.39 is 11.7 Å². The van der Waals surface area contributed by atoms with Gasteiger partial charge in [-0.1, -0.05) is 25.0 Å². The second kappa shape index (κ2) is 5.65. The van der Waals surface area contributed by atoms with E-state index in [1.54, 1.807) is 12.3 Å². The number of nitrogens with one attached hydrogen (secondary N) is 1. The molecular weight excluding hydrogens is 313 g/mol. The molecule has 1 aliphatic carbocycles. The van der Waals surface area contributed by atoms with Crippen LogP contribution in [0.3, 0.4) is 0 Å². The van der Waals surface area contributed by atoms with E-state index in [9.17, 15) is 13.2 Å². The van der Waals surface area contributed by atoms with Crippen LogP contribution in [-0.4, -0.2) is 9.97 Å². The van der Waals surface area contributed by atoms with Gasteiger partial charge in [-0.3, -0.25) is 4.98 Å². The number of aromatic nitrogens is 2. The highest BCUT2D eigenvalue weighted by Gasteiger charge is 2.32. The summed E-state index contributed by atoms with van der Waals surface area (Å²) in [6, 6.07) is 9.62. The number of halogens is 3. The number of nitrogens with zero attached hydrogens (tertiary/aromatic N) is 1. The topological polar surface area (TPSA) is 28.7 Å². The van der Waals surface area contributed by atoms with Crippen molar-refractivity contribution in [2.75, 3.05) is 0 Å². The molecule has 0 radical (unpaired) electrons. The van der Waals surface area contributed by atoms with Crippen LogP contribution in [0.2, 0.25) is 0 Å². The summed E-state index contributed by atoms with van der Waals surface area (Å²) in [5.74, 6) is 0.382. The minimum absolute atomic E-state index is 0.382. The third-order valence-corrected chi connectivity index (χ3v) is 4.85. The molecule has 0 bridgehead atoms. The van der Waals surface area contributed by atoms with Gasteiger partial charge in [-0.15, -0.1) is 0 Å². The van der Waals surface area contributed by atoms with Crippen molar-refractivity contribution in [3.05, 3.63) is 53.7 Å². The van der Waals surface area contributed by atoms with E-state index in [0.29, 0.717) is 11.4 Å². The first-order chi connectivity index (χ1) is 11.5. The molecule has 4 rings (SSSR count). The molecule has 0 atom stereocenters. The average Bonchev–Trinajstić information content (AvgIpc) is 3.21. The quantitative estimate of drug-likeness (QED) is 0.622. The van der Waals surface area contributed by atoms with Gasteiger partial charge in [-0.05, 0) is 48.6 Å². The van der Waals surface area contributed by atoms with Crippen molar-refractivity contribution in [3.63, 3.8) is 0 Å². The zero-order valence-electron chi connectivity index (χ0n) is 13.0. The van der Waals surface area contributed by atoms with E-state index in [4.69, 9.17) is 0 Å². The lowest BCUT2D eigenvalue weighted by Gasteiger charge is -2.12. The molecule has 0 spiro atoms. The van der Waals surface area contributed by atoms with Crippen LogP contribution in [0, 0.1) is 0 Å². The van der Waals surface area contributed by atoms with Crippen molar-refractivity contribution in [2.45, 2.75) is 37.8 Å². The summed E-state index contributed by atoms with van der Waals surface area (Å²) in [5, 5.41) is 0.885. The number of benzene rings is 1. The molecule has 2 heterocycles. The molecule has 1 aliphatic rings. The van der Waals surface area contributed by atoms with Gasteiger partial charge in [0.15, 0.2) is 0 Å². The molecule has 1 aromatic carbocycles. The van der Waals surface area contributed by atoms with Crippen molar-refractivity contribution in [1.29, 1.82) is 0 Å². The van der Waals surface area contributed by atoms with Crippen LogP contribution in [0.1, 0.15) is 42.7 Å². The van der Waals surface area contributed by atoms with E-state index >= 15 is 0 Å². The van der Waals surface area contributed by atoms with Gasteiger partial charge in [0, 0.05) is 17.1 Å². The Morgan fingerprint density at radius 1 is 1.04 bits per heavy atom. The standard InChI is InChI=1S/C19H17F3N2/c20-19(21,22)13-8-9-14-16(11-13)24-18(15-7-3-4-10-23-15)17(14)12-5-1-2-6-12/h3-4,7-12,24H,1-2,5-6H2. The van der Waals surface area contributed by atoms with Crippen LogP contribution in [0.15, 0.2) is 42.6 Å². The SMILES string of the molecule is FC(F)(F)c1ccc2c(C3CCCC3)c(-c3ccccn3)[nH]c2c1. The average molecular weight is 330 g/mol. The first-order valence-corrected chi connectivity index (χ1v) is 8.18. The molecule has 24 heavy (non-hydrogen) atoms. The van der Waals surface area contributed by atoms with Crippen molar-refractivity contribution in [1.82, 2.24) is 9.97 Å². The Morgan fingerprint density at radius 3 is 2.50 bits per heavy atom. The van der Waals surface area contributed by atoms with Crippen LogP contribution >= 0.6 is 0 Å². The molecular formula is C19H17F3N2. The third kappa shape index (κ3) is 2.58. The number of hydrogen-bond donors (Lipinski definition) is 1. The number of alkyl halides is 3. The van der Waals surface area contributed by atoms with E-state index in [2.05, 4.69) is 9.97 Å². The number of fused-ring (bicyclic) bond motifs is 1. The van der Waals surface area contributed by atoms with Gasteiger partial charge < -0.3 is 4.98 Å². The van der Waals surface area contributed by atoms with Gasteiger partial charge in [-0.2, -0.15) is 13.2 Å². The summed E-state index contributed by atoms with van der Waals surface area (Å²) in [7, 11) is 0.